The second-order valence-electron chi connectivity index (χ2n) is 7.76. The minimum Gasteiger partial charge on any atom is -0.480 e. The predicted molar refractivity (Wildman–Crippen MR) is 128 cm³/mol. The van der Waals surface area contributed by atoms with E-state index in [-0.39, 0.29) is 23.4 Å². The molecule has 4 N–H and O–H groups in total. The number of nitrogens with one attached hydrogen (secondary N) is 3. The Bertz CT molecular complexity index is 1390. The maximum Gasteiger partial charge on any atom is 0.326 e. The number of nitro groups is 1. The van der Waals surface area contributed by atoms with Crippen molar-refractivity contribution < 1.29 is 24.4 Å². The van der Waals surface area contributed by atoms with E-state index in [4.69, 9.17) is 0 Å². The molecule has 10 nitrogen and oxygen atoms in total. The number of hydrogen-bond donors (Lipinski definition) is 4. The van der Waals surface area contributed by atoms with Gasteiger partial charge in [-0.1, -0.05) is 42.5 Å². The van der Waals surface area contributed by atoms with Crippen molar-refractivity contribution >= 4 is 40.1 Å². The van der Waals surface area contributed by atoms with Gasteiger partial charge in [-0.2, -0.15) is 0 Å². The van der Waals surface area contributed by atoms with Crippen LogP contribution in [0.1, 0.15) is 26.4 Å². The second kappa shape index (κ2) is 9.87. The molecule has 4 rings (SSSR count). The van der Waals surface area contributed by atoms with Crippen molar-refractivity contribution in [1.29, 1.82) is 0 Å². The molecule has 3 aromatic carbocycles. The van der Waals surface area contributed by atoms with Gasteiger partial charge in [0.25, 0.3) is 17.5 Å². The van der Waals surface area contributed by atoms with Crippen LogP contribution in [-0.2, 0) is 11.2 Å². The van der Waals surface area contributed by atoms with Gasteiger partial charge in [-0.15, -0.1) is 0 Å². The van der Waals surface area contributed by atoms with Crippen LogP contribution in [0.5, 0.6) is 0 Å². The quantitative estimate of drug-likeness (QED) is 0.226. The lowest BCUT2D eigenvalue weighted by Crippen LogP contribution is -2.42. The molecule has 1 heterocycles. The normalized spacial score (nSPS) is 11.5. The third-order valence-electron chi connectivity index (χ3n) is 5.38. The van der Waals surface area contributed by atoms with Crippen molar-refractivity contribution in [1.82, 2.24) is 10.3 Å². The summed E-state index contributed by atoms with van der Waals surface area (Å²) in [6.07, 6.45) is -0.0807. The molecule has 4 aromatic rings. The molecule has 35 heavy (non-hydrogen) atoms. The van der Waals surface area contributed by atoms with Crippen molar-refractivity contribution in [3.8, 4) is 0 Å². The zero-order valence-corrected chi connectivity index (χ0v) is 18.2. The molecule has 1 unspecified atom stereocenters. The van der Waals surface area contributed by atoms with Gasteiger partial charge in [0.05, 0.1) is 16.2 Å². The third kappa shape index (κ3) is 5.33. The Balaban J connectivity index is 1.50. The number of rotatable bonds is 8. The van der Waals surface area contributed by atoms with E-state index in [1.807, 2.05) is 24.3 Å². The molecule has 0 aliphatic heterocycles. The molecule has 176 valence electrons. The molecule has 1 aromatic heterocycles. The highest BCUT2D eigenvalue weighted by Gasteiger charge is 2.23. The summed E-state index contributed by atoms with van der Waals surface area (Å²) >= 11 is 0. The summed E-state index contributed by atoms with van der Waals surface area (Å²) in [4.78, 5) is 50.8. The van der Waals surface area contributed by atoms with Crippen LogP contribution >= 0.6 is 0 Å². The maximum absolute atomic E-state index is 13.0. The lowest BCUT2D eigenvalue weighted by molar-refractivity contribution is -0.384. The SMILES string of the molecule is O=C(Nc1ccccc1C(=O)NC(Cc1ccc([N+](=O)[O-])cc1)C(=O)O)c1cc2ccccc2[nH]1. The van der Waals surface area contributed by atoms with E-state index >= 15 is 0 Å². The van der Waals surface area contributed by atoms with Crippen LogP contribution in [0.2, 0.25) is 0 Å². The number of aliphatic carboxylic acids is 1. The van der Waals surface area contributed by atoms with Crippen molar-refractivity contribution in [2.24, 2.45) is 0 Å². The van der Waals surface area contributed by atoms with E-state index in [0.29, 0.717) is 11.3 Å². The largest absolute Gasteiger partial charge is 0.480 e. The third-order valence-corrected chi connectivity index (χ3v) is 5.38. The Hall–Kier alpha value is -4.99. The minimum atomic E-state index is -1.29. The van der Waals surface area contributed by atoms with Crippen LogP contribution in [0.4, 0.5) is 11.4 Å². The van der Waals surface area contributed by atoms with Crippen molar-refractivity contribution in [2.45, 2.75) is 12.5 Å². The summed E-state index contributed by atoms with van der Waals surface area (Å²) in [6.45, 7) is 0. The van der Waals surface area contributed by atoms with Crippen LogP contribution < -0.4 is 10.6 Å². The molecule has 0 radical (unpaired) electrons. The number of anilines is 1. The fraction of sp³-hybridized carbons (Fsp3) is 0.0800. The maximum atomic E-state index is 13.0. The molecule has 0 spiro atoms. The Morgan fingerprint density at radius 3 is 2.31 bits per heavy atom. The van der Waals surface area contributed by atoms with Crippen LogP contribution in [0.15, 0.2) is 78.9 Å². The fourth-order valence-electron chi connectivity index (χ4n) is 3.60. The summed E-state index contributed by atoms with van der Waals surface area (Å²) in [5.41, 5.74) is 1.79. The van der Waals surface area contributed by atoms with E-state index in [1.54, 1.807) is 24.3 Å². The van der Waals surface area contributed by atoms with Gasteiger partial charge >= 0.3 is 5.97 Å². The summed E-state index contributed by atoms with van der Waals surface area (Å²) in [5.74, 6) is -2.41. The molecule has 10 heteroatoms. The number of H-pyrrole nitrogens is 1. The van der Waals surface area contributed by atoms with Gasteiger partial charge in [0.15, 0.2) is 0 Å². The number of non-ortho nitro benzene ring substituents is 1. The second-order valence-corrected chi connectivity index (χ2v) is 7.76. The van der Waals surface area contributed by atoms with E-state index in [1.165, 1.54) is 30.3 Å². The lowest BCUT2D eigenvalue weighted by atomic mass is 10.0. The Labute approximate surface area is 198 Å². The highest BCUT2D eigenvalue weighted by atomic mass is 16.6. The van der Waals surface area contributed by atoms with Gasteiger partial charge in [0.2, 0.25) is 0 Å². The topological polar surface area (TPSA) is 154 Å². The molecule has 2 amide bonds. The Kier molecular flexibility index (Phi) is 6.54. The minimum absolute atomic E-state index is 0.0807. The number of hydrogen-bond acceptors (Lipinski definition) is 5. The number of nitro benzene ring substituents is 1. The Morgan fingerprint density at radius 1 is 0.943 bits per heavy atom. The Morgan fingerprint density at radius 2 is 1.63 bits per heavy atom. The molecule has 0 aliphatic carbocycles. The first-order chi connectivity index (χ1) is 16.8. The molecular weight excluding hydrogens is 452 g/mol. The molecule has 0 fully saturated rings. The van der Waals surface area contributed by atoms with Gasteiger partial charge in [0, 0.05) is 29.5 Å². The average Bonchev–Trinajstić information content (AvgIpc) is 3.29. The number of carbonyl (C=O) groups is 3. The van der Waals surface area contributed by atoms with Crippen LogP contribution in [0, 0.1) is 10.1 Å². The summed E-state index contributed by atoms with van der Waals surface area (Å²) in [5, 5.41) is 26.4. The summed E-state index contributed by atoms with van der Waals surface area (Å²) in [6, 6.07) is 19.5. The lowest BCUT2D eigenvalue weighted by Gasteiger charge is -2.16. The van der Waals surface area contributed by atoms with Crippen molar-refractivity contribution in [3.05, 3.63) is 106 Å². The number of carboxylic acids is 1. The van der Waals surface area contributed by atoms with Crippen molar-refractivity contribution in [2.75, 3.05) is 5.32 Å². The van der Waals surface area contributed by atoms with Crippen LogP contribution in [0.3, 0.4) is 0 Å². The number of carbonyl (C=O) groups excluding carboxylic acids is 2. The fourth-order valence-corrected chi connectivity index (χ4v) is 3.60. The molecular formula is C25H20N4O6. The standard InChI is InChI=1S/C25H20N4O6/c30-23(28-22(25(32)33)13-15-9-11-17(12-10-15)29(34)35)18-6-2-4-8-20(18)27-24(31)21-14-16-5-1-3-7-19(16)26-21/h1-12,14,22,26H,13H2,(H,27,31)(H,28,30)(H,32,33). The van der Waals surface area contributed by atoms with E-state index in [2.05, 4.69) is 15.6 Å². The highest BCUT2D eigenvalue weighted by Crippen LogP contribution is 2.20. The first kappa shape index (κ1) is 23.2. The van der Waals surface area contributed by atoms with E-state index in [9.17, 15) is 29.6 Å². The smallest absolute Gasteiger partial charge is 0.326 e. The molecule has 0 bridgehead atoms. The molecule has 0 saturated carbocycles. The van der Waals surface area contributed by atoms with Gasteiger partial charge in [-0.3, -0.25) is 19.7 Å². The summed E-state index contributed by atoms with van der Waals surface area (Å²) < 4.78 is 0. The average molecular weight is 472 g/mol. The van der Waals surface area contributed by atoms with E-state index < -0.39 is 28.7 Å². The number of fused-ring (bicyclic) bond motifs is 1. The number of amides is 2. The number of aromatic nitrogens is 1. The van der Waals surface area contributed by atoms with Gasteiger partial charge in [0.1, 0.15) is 11.7 Å². The molecule has 0 saturated heterocycles. The van der Waals surface area contributed by atoms with E-state index in [0.717, 1.165) is 10.9 Å². The van der Waals surface area contributed by atoms with Gasteiger partial charge in [-0.25, -0.2) is 4.79 Å². The monoisotopic (exact) mass is 472 g/mol. The zero-order chi connectivity index (χ0) is 24.9. The number of para-hydroxylation sites is 2. The number of aromatic amines is 1. The predicted octanol–water partition coefficient (Wildman–Crippen LogP) is 3.75. The van der Waals surface area contributed by atoms with Crippen LogP contribution in [-0.4, -0.2) is 38.8 Å². The van der Waals surface area contributed by atoms with Crippen molar-refractivity contribution in [3.63, 3.8) is 0 Å². The molecule has 0 aliphatic rings. The molecule has 1 atom stereocenters. The number of carboxylic acid groups (broad SMARTS) is 1. The first-order valence-electron chi connectivity index (χ1n) is 10.6. The first-order valence-corrected chi connectivity index (χ1v) is 10.6. The summed E-state index contributed by atoms with van der Waals surface area (Å²) in [7, 11) is 0. The van der Waals surface area contributed by atoms with Crippen LogP contribution in [0.25, 0.3) is 10.9 Å². The highest BCUT2D eigenvalue weighted by molar-refractivity contribution is 6.10. The zero-order valence-electron chi connectivity index (χ0n) is 18.2. The number of benzene rings is 3. The van der Waals surface area contributed by atoms with Gasteiger partial charge < -0.3 is 20.7 Å². The number of nitrogens with zero attached hydrogens (tertiary/aromatic N) is 1. The van der Waals surface area contributed by atoms with Gasteiger partial charge in [-0.05, 0) is 29.8 Å².